The summed E-state index contributed by atoms with van der Waals surface area (Å²) in [6.07, 6.45) is 4.80. The minimum absolute atomic E-state index is 0.215. The predicted octanol–water partition coefficient (Wildman–Crippen LogP) is 1.16. The fourth-order valence-corrected chi connectivity index (χ4v) is 2.40. The Kier molecular flexibility index (Phi) is 3.79. The van der Waals surface area contributed by atoms with Crippen LogP contribution in [0.3, 0.4) is 0 Å². The topological polar surface area (TPSA) is 60.2 Å². The van der Waals surface area contributed by atoms with Crippen LogP contribution in [0.4, 0.5) is 0 Å². The van der Waals surface area contributed by atoms with Crippen LogP contribution in [0.5, 0.6) is 0 Å². The van der Waals surface area contributed by atoms with Gasteiger partial charge in [-0.2, -0.15) is 5.10 Å². The summed E-state index contributed by atoms with van der Waals surface area (Å²) in [6.45, 7) is 5.66. The molecule has 0 unspecified atom stereocenters. The van der Waals surface area contributed by atoms with Crippen LogP contribution in [0.1, 0.15) is 38.9 Å². The lowest BCUT2D eigenvalue weighted by Gasteiger charge is -2.42. The number of ether oxygens (including phenoxy) is 1. The number of nitrogens with zero attached hydrogens (tertiary/aromatic N) is 3. The summed E-state index contributed by atoms with van der Waals surface area (Å²) in [4.78, 5) is 4.22. The lowest BCUT2D eigenvalue weighted by atomic mass is 9.75. The number of hydrogen-bond acceptors (Lipinski definition) is 4. The molecule has 17 heavy (non-hydrogen) atoms. The maximum Gasteiger partial charge on any atom is 0.138 e. The van der Waals surface area contributed by atoms with Gasteiger partial charge in [-0.25, -0.2) is 4.98 Å². The molecule has 0 spiro atoms. The van der Waals surface area contributed by atoms with Gasteiger partial charge < -0.3 is 9.84 Å². The highest BCUT2D eigenvalue weighted by Gasteiger charge is 2.44. The highest BCUT2D eigenvalue weighted by molar-refractivity contribution is 5.03. The van der Waals surface area contributed by atoms with Crippen LogP contribution in [0.2, 0.25) is 0 Å². The van der Waals surface area contributed by atoms with Gasteiger partial charge in [-0.15, -0.1) is 0 Å². The van der Waals surface area contributed by atoms with Gasteiger partial charge in [0.1, 0.15) is 12.2 Å². The standard InChI is InChI=1S/C12H21N3O2/c1-3-5-15-11(13-9-14-15)8-12(16)6-10(7-12)17-4-2/h9-10,16H,3-8H2,1-2H3. The number of aryl methyl sites for hydroxylation is 1. The Labute approximate surface area is 102 Å². The lowest BCUT2D eigenvalue weighted by Crippen LogP contribution is -2.50. The monoisotopic (exact) mass is 239 g/mol. The zero-order chi connectivity index (χ0) is 12.3. The minimum Gasteiger partial charge on any atom is -0.389 e. The summed E-state index contributed by atoms with van der Waals surface area (Å²) in [6, 6.07) is 0. The number of rotatable bonds is 6. The van der Waals surface area contributed by atoms with Crippen molar-refractivity contribution in [3.63, 3.8) is 0 Å². The van der Waals surface area contributed by atoms with Gasteiger partial charge in [-0.1, -0.05) is 6.92 Å². The van der Waals surface area contributed by atoms with E-state index in [1.54, 1.807) is 6.33 Å². The average Bonchev–Trinajstić information content (AvgIpc) is 2.64. The zero-order valence-corrected chi connectivity index (χ0v) is 10.6. The zero-order valence-electron chi connectivity index (χ0n) is 10.6. The van der Waals surface area contributed by atoms with E-state index in [2.05, 4.69) is 17.0 Å². The minimum atomic E-state index is -0.641. The number of hydrogen-bond donors (Lipinski definition) is 1. The van der Waals surface area contributed by atoms with Gasteiger partial charge >= 0.3 is 0 Å². The molecule has 96 valence electrons. The number of aromatic nitrogens is 3. The Balaban J connectivity index is 1.90. The number of aliphatic hydroxyl groups is 1. The van der Waals surface area contributed by atoms with E-state index in [0.29, 0.717) is 25.9 Å². The maximum absolute atomic E-state index is 10.3. The van der Waals surface area contributed by atoms with Crippen LogP contribution in [0.25, 0.3) is 0 Å². The molecule has 2 rings (SSSR count). The Morgan fingerprint density at radius 2 is 2.29 bits per heavy atom. The van der Waals surface area contributed by atoms with Gasteiger partial charge in [-0.05, 0) is 13.3 Å². The molecule has 1 N–H and O–H groups in total. The second-order valence-corrected chi connectivity index (χ2v) is 4.79. The Bertz CT molecular complexity index is 358. The highest BCUT2D eigenvalue weighted by Crippen LogP contribution is 2.36. The smallest absolute Gasteiger partial charge is 0.138 e. The molecule has 1 aromatic heterocycles. The van der Waals surface area contributed by atoms with Crippen molar-refractivity contribution in [2.24, 2.45) is 0 Å². The molecule has 0 atom stereocenters. The summed E-state index contributed by atoms with van der Waals surface area (Å²) in [5.74, 6) is 0.879. The normalized spacial score (nSPS) is 28.1. The van der Waals surface area contributed by atoms with Gasteiger partial charge in [-0.3, -0.25) is 4.68 Å². The molecule has 0 aliphatic heterocycles. The molecule has 1 saturated carbocycles. The molecule has 0 aromatic carbocycles. The second kappa shape index (κ2) is 5.14. The summed E-state index contributed by atoms with van der Waals surface area (Å²) < 4.78 is 7.35. The second-order valence-electron chi connectivity index (χ2n) is 4.79. The fourth-order valence-electron chi connectivity index (χ4n) is 2.40. The van der Waals surface area contributed by atoms with E-state index in [1.165, 1.54) is 0 Å². The van der Waals surface area contributed by atoms with Gasteiger partial charge in [0.2, 0.25) is 0 Å². The van der Waals surface area contributed by atoms with Crippen molar-refractivity contribution in [1.82, 2.24) is 14.8 Å². The molecular formula is C12H21N3O2. The van der Waals surface area contributed by atoms with Crippen LogP contribution in [-0.2, 0) is 17.7 Å². The van der Waals surface area contributed by atoms with Gasteiger partial charge in [0, 0.05) is 32.4 Å². The first-order chi connectivity index (χ1) is 8.17. The molecule has 1 aliphatic carbocycles. The molecule has 1 fully saturated rings. The van der Waals surface area contributed by atoms with Crippen molar-refractivity contribution in [2.75, 3.05) is 6.61 Å². The SMILES string of the molecule is CCCn1ncnc1CC1(O)CC(OCC)C1. The Morgan fingerprint density at radius 3 is 2.94 bits per heavy atom. The van der Waals surface area contributed by atoms with Crippen molar-refractivity contribution in [1.29, 1.82) is 0 Å². The molecule has 0 radical (unpaired) electrons. The van der Waals surface area contributed by atoms with Crippen molar-refractivity contribution in [2.45, 2.75) is 57.8 Å². The van der Waals surface area contributed by atoms with Gasteiger partial charge in [0.25, 0.3) is 0 Å². The molecule has 5 heteroatoms. The van der Waals surface area contributed by atoms with E-state index in [9.17, 15) is 5.11 Å². The first-order valence-electron chi connectivity index (χ1n) is 6.37. The fraction of sp³-hybridized carbons (Fsp3) is 0.833. The van der Waals surface area contributed by atoms with E-state index in [-0.39, 0.29) is 6.10 Å². The third kappa shape index (κ3) is 2.84. The molecule has 0 amide bonds. The first kappa shape index (κ1) is 12.5. The summed E-state index contributed by atoms with van der Waals surface area (Å²) in [7, 11) is 0. The van der Waals surface area contributed by atoms with E-state index < -0.39 is 5.60 Å². The quantitative estimate of drug-likeness (QED) is 0.809. The van der Waals surface area contributed by atoms with Crippen LogP contribution in [0.15, 0.2) is 6.33 Å². The molecule has 0 bridgehead atoms. The summed E-state index contributed by atoms with van der Waals surface area (Å²) >= 11 is 0. The third-order valence-electron chi connectivity index (χ3n) is 3.24. The van der Waals surface area contributed by atoms with Crippen molar-refractivity contribution in [3.8, 4) is 0 Å². The molecule has 1 aromatic rings. The third-order valence-corrected chi connectivity index (χ3v) is 3.24. The van der Waals surface area contributed by atoms with E-state index in [4.69, 9.17) is 4.74 Å². The molecule has 1 aliphatic rings. The van der Waals surface area contributed by atoms with E-state index in [1.807, 2.05) is 11.6 Å². The molecular weight excluding hydrogens is 218 g/mol. The highest BCUT2D eigenvalue weighted by atomic mass is 16.5. The molecule has 0 saturated heterocycles. The van der Waals surface area contributed by atoms with E-state index >= 15 is 0 Å². The van der Waals surface area contributed by atoms with Crippen molar-refractivity contribution in [3.05, 3.63) is 12.2 Å². The van der Waals surface area contributed by atoms with Gasteiger partial charge in [0.05, 0.1) is 11.7 Å². The Morgan fingerprint density at radius 1 is 1.53 bits per heavy atom. The predicted molar refractivity (Wildman–Crippen MR) is 63.6 cm³/mol. The van der Waals surface area contributed by atoms with Crippen LogP contribution >= 0.6 is 0 Å². The molecule has 1 heterocycles. The van der Waals surface area contributed by atoms with E-state index in [0.717, 1.165) is 18.8 Å². The summed E-state index contributed by atoms with van der Waals surface area (Å²) in [5, 5.41) is 14.5. The largest absolute Gasteiger partial charge is 0.389 e. The van der Waals surface area contributed by atoms with Crippen molar-refractivity contribution >= 4 is 0 Å². The van der Waals surface area contributed by atoms with Crippen LogP contribution in [0, 0.1) is 0 Å². The lowest BCUT2D eigenvalue weighted by molar-refractivity contribution is -0.137. The van der Waals surface area contributed by atoms with Crippen LogP contribution in [-0.4, -0.2) is 38.2 Å². The summed E-state index contributed by atoms with van der Waals surface area (Å²) in [5.41, 5.74) is -0.641. The maximum atomic E-state index is 10.3. The first-order valence-corrected chi connectivity index (χ1v) is 6.37. The van der Waals surface area contributed by atoms with Gasteiger partial charge in [0.15, 0.2) is 0 Å². The van der Waals surface area contributed by atoms with Crippen molar-refractivity contribution < 1.29 is 9.84 Å². The Hall–Kier alpha value is -0.940. The van der Waals surface area contributed by atoms with Crippen LogP contribution < -0.4 is 0 Å². The average molecular weight is 239 g/mol. The molecule has 5 nitrogen and oxygen atoms in total.